The Kier molecular flexibility index (Phi) is 18.1. The molecule has 0 atom stereocenters. The number of imide groups is 1. The molecule has 8 heteroatoms. The van der Waals surface area contributed by atoms with Crippen LogP contribution in [0.25, 0.3) is 0 Å². The van der Waals surface area contributed by atoms with Gasteiger partial charge in [0.2, 0.25) is 5.91 Å². The van der Waals surface area contributed by atoms with Crippen LogP contribution < -0.4 is 5.32 Å². The molecular weight excluding hydrogens is 436 g/mol. The average molecular weight is 483 g/mol. The minimum atomic E-state index is -0.812. The highest BCUT2D eigenvalue weighted by Gasteiger charge is 2.32. The molecule has 1 fully saturated rings. The predicted octanol–water partition coefficient (Wildman–Crippen LogP) is 4.99. The van der Waals surface area contributed by atoms with Crippen LogP contribution in [0.1, 0.15) is 122 Å². The van der Waals surface area contributed by atoms with Crippen molar-refractivity contribution in [2.24, 2.45) is 0 Å². The lowest BCUT2D eigenvalue weighted by molar-refractivity contribution is -0.200. The van der Waals surface area contributed by atoms with E-state index in [9.17, 15) is 19.2 Å². The van der Waals surface area contributed by atoms with Gasteiger partial charge in [-0.15, -0.1) is 5.06 Å². The summed E-state index contributed by atoms with van der Waals surface area (Å²) in [7, 11) is 0. The van der Waals surface area contributed by atoms with Gasteiger partial charge in [0.05, 0.1) is 6.61 Å². The Bertz CT molecular complexity index is 580. The fourth-order valence-corrected chi connectivity index (χ4v) is 3.95. The zero-order chi connectivity index (χ0) is 24.9. The van der Waals surface area contributed by atoms with Crippen molar-refractivity contribution >= 4 is 23.7 Å². The number of carbonyl (C=O) groups is 4. The second-order valence-corrected chi connectivity index (χ2v) is 9.15. The van der Waals surface area contributed by atoms with Crippen LogP contribution in [0.2, 0.25) is 0 Å². The van der Waals surface area contributed by atoms with Gasteiger partial charge in [-0.05, 0) is 6.42 Å². The van der Waals surface area contributed by atoms with Gasteiger partial charge in [-0.2, -0.15) is 0 Å². The summed E-state index contributed by atoms with van der Waals surface area (Å²) in [6.07, 6.45) is 20.0. The van der Waals surface area contributed by atoms with Gasteiger partial charge in [0.1, 0.15) is 6.61 Å². The van der Waals surface area contributed by atoms with Gasteiger partial charge in [-0.3, -0.25) is 14.4 Å². The number of nitrogens with zero attached hydrogens (tertiary/aromatic N) is 1. The molecule has 3 amide bonds. The predicted molar refractivity (Wildman–Crippen MR) is 131 cm³/mol. The van der Waals surface area contributed by atoms with Crippen LogP contribution in [0, 0.1) is 0 Å². The van der Waals surface area contributed by atoms with Gasteiger partial charge in [0.15, 0.2) is 0 Å². The Morgan fingerprint density at radius 3 is 1.74 bits per heavy atom. The molecule has 0 aliphatic carbocycles. The second kappa shape index (κ2) is 20.4. The van der Waals surface area contributed by atoms with Crippen molar-refractivity contribution in [1.29, 1.82) is 0 Å². The molecule has 1 aliphatic heterocycles. The molecule has 1 heterocycles. The maximum Gasteiger partial charge on any atom is 0.358 e. The summed E-state index contributed by atoms with van der Waals surface area (Å²) in [5.41, 5.74) is 0. The van der Waals surface area contributed by atoms with Gasteiger partial charge in [0, 0.05) is 25.8 Å². The Morgan fingerprint density at radius 2 is 1.24 bits per heavy atom. The molecule has 1 saturated heterocycles. The SMILES string of the molecule is CCCCCCCCCCCCCCCCCC(=O)NCCOCC(=O)ON1C(=O)CCC1=O. The third kappa shape index (κ3) is 15.8. The van der Waals surface area contributed by atoms with E-state index in [1.165, 1.54) is 83.5 Å². The van der Waals surface area contributed by atoms with E-state index in [2.05, 4.69) is 17.1 Å². The van der Waals surface area contributed by atoms with Crippen molar-refractivity contribution in [2.45, 2.75) is 122 Å². The van der Waals surface area contributed by atoms with Crippen LogP contribution in [0.15, 0.2) is 0 Å². The molecular formula is C26H46N2O6. The molecule has 1 N–H and O–H groups in total. The van der Waals surface area contributed by atoms with Gasteiger partial charge < -0.3 is 14.9 Å². The zero-order valence-corrected chi connectivity index (χ0v) is 21.2. The molecule has 0 bridgehead atoms. The third-order valence-corrected chi connectivity index (χ3v) is 5.99. The lowest BCUT2D eigenvalue weighted by Gasteiger charge is -2.12. The van der Waals surface area contributed by atoms with Crippen LogP contribution >= 0.6 is 0 Å². The van der Waals surface area contributed by atoms with Crippen LogP contribution in [-0.2, 0) is 28.8 Å². The number of amides is 3. The monoisotopic (exact) mass is 482 g/mol. The van der Waals surface area contributed by atoms with Crippen molar-refractivity contribution in [3.8, 4) is 0 Å². The van der Waals surface area contributed by atoms with Gasteiger partial charge in [-0.1, -0.05) is 96.8 Å². The molecule has 0 aromatic carbocycles. The molecule has 0 aromatic rings. The average Bonchev–Trinajstić information content (AvgIpc) is 3.13. The van der Waals surface area contributed by atoms with Gasteiger partial charge in [-0.25, -0.2) is 4.79 Å². The summed E-state index contributed by atoms with van der Waals surface area (Å²) >= 11 is 0. The summed E-state index contributed by atoms with van der Waals surface area (Å²) in [5.74, 6) is -1.88. The van der Waals surface area contributed by atoms with Crippen LogP contribution in [0.3, 0.4) is 0 Å². The van der Waals surface area contributed by atoms with E-state index in [-0.39, 0.29) is 32.0 Å². The van der Waals surface area contributed by atoms with E-state index < -0.39 is 17.8 Å². The highest BCUT2D eigenvalue weighted by Crippen LogP contribution is 2.14. The fraction of sp³-hybridized carbons (Fsp3) is 0.846. The highest BCUT2D eigenvalue weighted by atomic mass is 16.7. The lowest BCUT2D eigenvalue weighted by atomic mass is 10.0. The number of hydrogen-bond donors (Lipinski definition) is 1. The number of nitrogens with one attached hydrogen (secondary N) is 1. The molecule has 0 saturated carbocycles. The lowest BCUT2D eigenvalue weighted by Crippen LogP contribution is -2.34. The maximum absolute atomic E-state index is 11.8. The van der Waals surface area contributed by atoms with Crippen LogP contribution in [0.4, 0.5) is 0 Å². The number of ether oxygens (including phenoxy) is 1. The fourth-order valence-electron chi connectivity index (χ4n) is 3.95. The van der Waals surface area contributed by atoms with Crippen molar-refractivity contribution in [3.05, 3.63) is 0 Å². The van der Waals surface area contributed by atoms with E-state index in [1.54, 1.807) is 0 Å². The number of hydrogen-bond acceptors (Lipinski definition) is 6. The summed E-state index contributed by atoms with van der Waals surface area (Å²) < 4.78 is 5.12. The molecule has 0 spiro atoms. The minimum absolute atomic E-state index is 0.0193. The van der Waals surface area contributed by atoms with Crippen molar-refractivity contribution < 1.29 is 28.8 Å². The van der Waals surface area contributed by atoms with E-state index in [1.807, 2.05) is 0 Å². The maximum atomic E-state index is 11.8. The number of rotatable bonds is 22. The normalized spacial score (nSPS) is 13.5. The Labute approximate surface area is 205 Å². The van der Waals surface area contributed by atoms with Crippen molar-refractivity contribution in [2.75, 3.05) is 19.8 Å². The first-order valence-corrected chi connectivity index (χ1v) is 13.5. The van der Waals surface area contributed by atoms with E-state index in [0.29, 0.717) is 18.0 Å². The minimum Gasteiger partial charge on any atom is -0.368 e. The van der Waals surface area contributed by atoms with E-state index in [4.69, 9.17) is 4.74 Å². The molecule has 0 aromatic heterocycles. The Morgan fingerprint density at radius 1 is 0.765 bits per heavy atom. The van der Waals surface area contributed by atoms with E-state index >= 15 is 0 Å². The smallest absolute Gasteiger partial charge is 0.358 e. The first-order valence-electron chi connectivity index (χ1n) is 13.5. The molecule has 0 unspecified atom stereocenters. The van der Waals surface area contributed by atoms with Crippen LogP contribution in [0.5, 0.6) is 0 Å². The van der Waals surface area contributed by atoms with Crippen molar-refractivity contribution in [1.82, 2.24) is 10.4 Å². The third-order valence-electron chi connectivity index (χ3n) is 5.99. The largest absolute Gasteiger partial charge is 0.368 e. The number of carbonyl (C=O) groups excluding carboxylic acids is 4. The summed E-state index contributed by atoms with van der Waals surface area (Å²) in [6, 6.07) is 0. The topological polar surface area (TPSA) is 102 Å². The molecule has 1 rings (SSSR count). The van der Waals surface area contributed by atoms with Crippen molar-refractivity contribution in [3.63, 3.8) is 0 Å². The highest BCUT2D eigenvalue weighted by molar-refractivity contribution is 6.01. The second-order valence-electron chi connectivity index (χ2n) is 9.15. The Balaban J connectivity index is 1.80. The first kappa shape index (κ1) is 30.1. The summed E-state index contributed by atoms with van der Waals surface area (Å²) in [6.45, 7) is 2.33. The summed E-state index contributed by atoms with van der Waals surface area (Å²) in [5, 5.41) is 3.25. The zero-order valence-electron chi connectivity index (χ0n) is 21.2. The standard InChI is InChI=1S/C26H46N2O6/c1-2-3-4-5-6-7-8-9-10-11-12-13-14-15-16-17-23(29)27-20-21-33-22-26(32)34-28-24(30)18-19-25(28)31/h2-22H2,1H3,(H,27,29). The molecule has 8 nitrogen and oxygen atoms in total. The first-order chi connectivity index (χ1) is 16.5. The van der Waals surface area contributed by atoms with Crippen LogP contribution in [-0.4, -0.2) is 48.5 Å². The Hall–Kier alpha value is -1.96. The number of hydroxylamine groups is 2. The molecule has 34 heavy (non-hydrogen) atoms. The van der Waals surface area contributed by atoms with Gasteiger partial charge in [0.25, 0.3) is 11.8 Å². The quantitative estimate of drug-likeness (QED) is 0.172. The van der Waals surface area contributed by atoms with Gasteiger partial charge >= 0.3 is 5.97 Å². The summed E-state index contributed by atoms with van der Waals surface area (Å²) in [4.78, 5) is 50.8. The molecule has 1 aliphatic rings. The van der Waals surface area contributed by atoms with E-state index in [0.717, 1.165) is 12.8 Å². The molecule has 196 valence electrons. The number of unbranched alkanes of at least 4 members (excludes halogenated alkanes) is 14. The molecule has 0 radical (unpaired) electrons.